The molecule has 3 aromatic heterocycles. The van der Waals surface area contributed by atoms with Gasteiger partial charge < -0.3 is 34.6 Å². The smallest absolute Gasteiger partial charge is 0.410 e. The number of anilines is 2. The van der Waals surface area contributed by atoms with Crippen LogP contribution in [0, 0.1) is 0 Å². The van der Waals surface area contributed by atoms with Gasteiger partial charge in [0.2, 0.25) is 5.88 Å². The summed E-state index contributed by atoms with van der Waals surface area (Å²) >= 11 is 0. The average molecular weight is 602 g/mol. The quantitative estimate of drug-likeness (QED) is 0.303. The number of pyridine rings is 2. The molecule has 0 aliphatic carbocycles. The second kappa shape index (κ2) is 12.8. The van der Waals surface area contributed by atoms with Gasteiger partial charge in [0.05, 0.1) is 17.6 Å². The summed E-state index contributed by atoms with van der Waals surface area (Å²) in [7, 11) is 3.96. The van der Waals surface area contributed by atoms with Crippen LogP contribution in [0.4, 0.5) is 16.2 Å². The van der Waals surface area contributed by atoms with Crippen LogP contribution in [0.2, 0.25) is 0 Å². The van der Waals surface area contributed by atoms with Gasteiger partial charge in [0.1, 0.15) is 29.5 Å². The van der Waals surface area contributed by atoms with Crippen LogP contribution in [-0.4, -0.2) is 100 Å². The Hall–Kier alpha value is -4.84. The first kappa shape index (κ1) is 30.6. The number of nitrogens with zero attached hydrogens (tertiary/aromatic N) is 6. The Balaban J connectivity index is 1.29. The second-order valence-corrected chi connectivity index (χ2v) is 11.9. The van der Waals surface area contributed by atoms with Crippen LogP contribution in [0.25, 0.3) is 16.6 Å². The lowest BCUT2D eigenvalue weighted by Crippen LogP contribution is -2.50. The van der Waals surface area contributed by atoms with Crippen molar-refractivity contribution in [2.75, 3.05) is 63.6 Å². The van der Waals surface area contributed by atoms with Gasteiger partial charge >= 0.3 is 6.09 Å². The van der Waals surface area contributed by atoms with Crippen LogP contribution in [-0.2, 0) is 4.74 Å². The van der Waals surface area contributed by atoms with Crippen molar-refractivity contribution in [2.45, 2.75) is 26.4 Å². The van der Waals surface area contributed by atoms with Crippen LogP contribution in [0.15, 0.2) is 61.1 Å². The third kappa shape index (κ3) is 7.20. The van der Waals surface area contributed by atoms with Gasteiger partial charge in [-0.1, -0.05) is 6.07 Å². The van der Waals surface area contributed by atoms with E-state index in [1.807, 2.05) is 58.0 Å². The number of fused-ring (bicyclic) bond motifs is 1. The molecule has 4 heterocycles. The Morgan fingerprint density at radius 2 is 1.84 bits per heavy atom. The average Bonchev–Trinajstić information content (AvgIpc) is 3.32. The minimum absolute atomic E-state index is 0.00295. The van der Waals surface area contributed by atoms with Gasteiger partial charge in [-0.05, 0) is 71.3 Å². The number of carbonyl (C=O) groups is 2. The minimum Gasteiger partial charge on any atom is -0.494 e. The predicted octanol–water partition coefficient (Wildman–Crippen LogP) is 4.38. The standard InChI is InChI=1S/C32H39N7O5/c1-32(2,3)44-31(42)38-15-13-37(14-16-38)27-11-12-33-20-26(27)35-29(40)25-7-6-8-28(34-25)39-21-22-9-10-23(19-24(22)30(39)41)43-18-17-36(4)5/h6-12,19-21,41H,13-18H2,1-5H3,(H,35,40). The fourth-order valence-electron chi connectivity index (χ4n) is 4.87. The van der Waals surface area contributed by atoms with E-state index in [4.69, 9.17) is 9.47 Å². The lowest BCUT2D eigenvalue weighted by molar-refractivity contribution is 0.0240. The lowest BCUT2D eigenvalue weighted by Gasteiger charge is -2.37. The number of amides is 2. The molecule has 5 rings (SSSR count). The van der Waals surface area contributed by atoms with Crippen molar-refractivity contribution >= 4 is 34.1 Å². The molecule has 232 valence electrons. The van der Waals surface area contributed by atoms with E-state index in [1.54, 1.807) is 52.3 Å². The number of carbonyl (C=O) groups excluding carboxylic acids is 2. The fraction of sp³-hybridized carbons (Fsp3) is 0.375. The van der Waals surface area contributed by atoms with Crippen LogP contribution in [0.5, 0.6) is 11.6 Å². The summed E-state index contributed by atoms with van der Waals surface area (Å²) in [5, 5.41) is 15.4. The Bertz CT molecular complexity index is 1640. The molecule has 2 amide bonds. The highest BCUT2D eigenvalue weighted by Gasteiger charge is 2.27. The van der Waals surface area contributed by atoms with Gasteiger partial charge in [-0.25, -0.2) is 9.78 Å². The Morgan fingerprint density at radius 3 is 2.57 bits per heavy atom. The van der Waals surface area contributed by atoms with Crippen molar-refractivity contribution in [1.29, 1.82) is 0 Å². The molecule has 0 atom stereocenters. The molecule has 12 nitrogen and oxygen atoms in total. The van der Waals surface area contributed by atoms with E-state index >= 15 is 0 Å². The summed E-state index contributed by atoms with van der Waals surface area (Å²) < 4.78 is 12.9. The molecule has 12 heteroatoms. The Labute approximate surface area is 256 Å². The molecule has 0 bridgehead atoms. The Morgan fingerprint density at radius 1 is 1.07 bits per heavy atom. The predicted molar refractivity (Wildman–Crippen MR) is 169 cm³/mol. The first-order valence-corrected chi connectivity index (χ1v) is 14.6. The topological polar surface area (TPSA) is 125 Å². The summed E-state index contributed by atoms with van der Waals surface area (Å²) in [6, 6.07) is 12.4. The number of hydrogen-bond acceptors (Lipinski definition) is 9. The molecule has 1 aliphatic heterocycles. The van der Waals surface area contributed by atoms with Crippen molar-refractivity contribution in [1.82, 2.24) is 24.3 Å². The van der Waals surface area contributed by atoms with Crippen LogP contribution >= 0.6 is 0 Å². The zero-order chi connectivity index (χ0) is 31.4. The normalized spacial score (nSPS) is 13.8. The molecule has 0 spiro atoms. The van der Waals surface area contributed by atoms with Crippen molar-refractivity contribution in [3.05, 3.63) is 66.7 Å². The maximum absolute atomic E-state index is 13.4. The molecule has 2 N–H and O–H groups in total. The molecule has 1 fully saturated rings. The van der Waals surface area contributed by atoms with Gasteiger partial charge in [-0.3, -0.25) is 14.3 Å². The fourth-order valence-corrected chi connectivity index (χ4v) is 4.87. The van der Waals surface area contributed by atoms with Gasteiger partial charge in [0, 0.05) is 55.9 Å². The third-order valence-corrected chi connectivity index (χ3v) is 7.10. The highest BCUT2D eigenvalue weighted by atomic mass is 16.6. The minimum atomic E-state index is -0.556. The van der Waals surface area contributed by atoms with Crippen molar-refractivity contribution in [3.63, 3.8) is 0 Å². The highest BCUT2D eigenvalue weighted by Crippen LogP contribution is 2.33. The summed E-state index contributed by atoms with van der Waals surface area (Å²) in [6.45, 7) is 8.97. The lowest BCUT2D eigenvalue weighted by atomic mass is 10.2. The number of piperazine rings is 1. The van der Waals surface area contributed by atoms with Crippen molar-refractivity contribution < 1.29 is 24.2 Å². The zero-order valence-electron chi connectivity index (χ0n) is 25.8. The van der Waals surface area contributed by atoms with E-state index in [0.717, 1.165) is 17.6 Å². The summed E-state index contributed by atoms with van der Waals surface area (Å²) in [4.78, 5) is 40.4. The van der Waals surface area contributed by atoms with E-state index in [0.29, 0.717) is 55.4 Å². The molecular weight excluding hydrogens is 562 g/mol. The van der Waals surface area contributed by atoms with Gasteiger partial charge in [0.15, 0.2) is 0 Å². The number of aromatic nitrogens is 3. The number of nitrogens with one attached hydrogen (secondary N) is 1. The SMILES string of the molecule is CN(C)CCOc1ccc2cn(-c3cccc(C(=O)Nc4cnccc4N4CCN(C(=O)OC(C)(C)C)CC4)n3)c(O)c2c1. The largest absolute Gasteiger partial charge is 0.494 e. The zero-order valence-corrected chi connectivity index (χ0v) is 25.8. The van der Waals surface area contributed by atoms with Crippen molar-refractivity contribution in [3.8, 4) is 17.4 Å². The summed E-state index contributed by atoms with van der Waals surface area (Å²) in [6.07, 6.45) is 4.71. The summed E-state index contributed by atoms with van der Waals surface area (Å²) in [5.74, 6) is 0.641. The number of benzene rings is 1. The van der Waals surface area contributed by atoms with E-state index in [9.17, 15) is 14.7 Å². The molecule has 1 aliphatic rings. The van der Waals surface area contributed by atoms with E-state index in [2.05, 4.69) is 20.2 Å². The molecule has 0 saturated carbocycles. The van der Waals surface area contributed by atoms with Crippen molar-refractivity contribution in [2.24, 2.45) is 0 Å². The number of aromatic hydroxyl groups is 1. The number of ether oxygens (including phenoxy) is 2. The van der Waals surface area contributed by atoms with E-state index in [-0.39, 0.29) is 17.7 Å². The van der Waals surface area contributed by atoms with E-state index in [1.165, 1.54) is 0 Å². The number of hydrogen-bond donors (Lipinski definition) is 2. The third-order valence-electron chi connectivity index (χ3n) is 7.10. The number of likely N-dealkylation sites (N-methyl/N-ethyl adjacent to an activating group) is 1. The molecule has 1 aromatic carbocycles. The summed E-state index contributed by atoms with van der Waals surface area (Å²) in [5.41, 5.74) is 0.953. The maximum Gasteiger partial charge on any atom is 0.410 e. The molecular formula is C32H39N7O5. The monoisotopic (exact) mass is 601 g/mol. The molecule has 44 heavy (non-hydrogen) atoms. The molecule has 0 unspecified atom stereocenters. The van der Waals surface area contributed by atoms with Gasteiger partial charge in [-0.15, -0.1) is 0 Å². The van der Waals surface area contributed by atoms with Gasteiger partial charge in [-0.2, -0.15) is 0 Å². The molecule has 1 saturated heterocycles. The van der Waals surface area contributed by atoms with Crippen LogP contribution in [0.1, 0.15) is 31.3 Å². The van der Waals surface area contributed by atoms with Crippen LogP contribution < -0.4 is 15.0 Å². The van der Waals surface area contributed by atoms with E-state index < -0.39 is 11.5 Å². The first-order valence-electron chi connectivity index (χ1n) is 14.6. The van der Waals surface area contributed by atoms with Gasteiger partial charge in [0.25, 0.3) is 5.91 Å². The van der Waals surface area contributed by atoms with Crippen LogP contribution in [0.3, 0.4) is 0 Å². The number of rotatable bonds is 8. The molecule has 4 aromatic rings. The second-order valence-electron chi connectivity index (χ2n) is 11.9. The Kier molecular flexibility index (Phi) is 8.91. The highest BCUT2D eigenvalue weighted by molar-refractivity contribution is 6.04. The maximum atomic E-state index is 13.4. The molecule has 0 radical (unpaired) electrons. The first-order chi connectivity index (χ1) is 21.0.